The molecule has 0 radical (unpaired) electrons. The largest absolute Gasteiger partial charge is 0.490 e. The number of carbonyl (C=O) groups excluding carboxylic acids is 1. The summed E-state index contributed by atoms with van der Waals surface area (Å²) in [6, 6.07) is 13.1. The van der Waals surface area contributed by atoms with Crippen LogP contribution >= 0.6 is 0 Å². The lowest BCUT2D eigenvalue weighted by molar-refractivity contribution is -0.384. The minimum atomic E-state index is -0.662. The second-order valence-electron chi connectivity index (χ2n) is 5.20. The standard InChI is InChI=1S/C18H20N2O6/c1-24-10-9-19-17-8-7-14(20(22)23)13-16(17)18(21)26-12-11-25-15-5-3-2-4-6-15/h2-8,13,19H,9-12H2,1H3. The number of benzene rings is 2. The van der Waals surface area contributed by atoms with Gasteiger partial charge in [-0.2, -0.15) is 0 Å². The molecule has 2 aromatic rings. The molecule has 0 amide bonds. The number of non-ortho nitro benzene ring substituents is 1. The van der Waals surface area contributed by atoms with Crippen LogP contribution in [-0.2, 0) is 9.47 Å². The Bertz CT molecular complexity index is 736. The molecule has 0 heterocycles. The van der Waals surface area contributed by atoms with Crippen LogP contribution in [0.15, 0.2) is 48.5 Å². The molecule has 0 aliphatic heterocycles. The summed E-state index contributed by atoms with van der Waals surface area (Å²) in [6.45, 7) is 1.08. The number of carbonyl (C=O) groups is 1. The molecule has 0 saturated heterocycles. The van der Waals surface area contributed by atoms with Crippen LogP contribution in [0.3, 0.4) is 0 Å². The molecule has 138 valence electrons. The van der Waals surface area contributed by atoms with Crippen LogP contribution in [0.1, 0.15) is 10.4 Å². The van der Waals surface area contributed by atoms with Crippen molar-refractivity contribution in [3.8, 4) is 5.75 Å². The molecule has 26 heavy (non-hydrogen) atoms. The highest BCUT2D eigenvalue weighted by Crippen LogP contribution is 2.23. The highest BCUT2D eigenvalue weighted by Gasteiger charge is 2.18. The van der Waals surface area contributed by atoms with E-state index >= 15 is 0 Å². The summed E-state index contributed by atoms with van der Waals surface area (Å²) >= 11 is 0. The molecular weight excluding hydrogens is 340 g/mol. The predicted molar refractivity (Wildman–Crippen MR) is 95.7 cm³/mol. The van der Waals surface area contributed by atoms with Crippen molar-refractivity contribution in [3.63, 3.8) is 0 Å². The molecule has 0 aromatic heterocycles. The van der Waals surface area contributed by atoms with E-state index in [1.807, 2.05) is 18.2 Å². The van der Waals surface area contributed by atoms with Crippen LogP contribution in [0, 0.1) is 10.1 Å². The molecule has 0 spiro atoms. The van der Waals surface area contributed by atoms with Crippen molar-refractivity contribution >= 4 is 17.3 Å². The third-order valence-corrected chi connectivity index (χ3v) is 3.38. The van der Waals surface area contributed by atoms with Crippen molar-refractivity contribution < 1.29 is 23.9 Å². The molecule has 2 aromatic carbocycles. The van der Waals surface area contributed by atoms with Gasteiger partial charge in [0.15, 0.2) is 0 Å². The van der Waals surface area contributed by atoms with Crippen LogP contribution < -0.4 is 10.1 Å². The van der Waals surface area contributed by atoms with Crippen LogP contribution in [0.4, 0.5) is 11.4 Å². The highest BCUT2D eigenvalue weighted by atomic mass is 16.6. The predicted octanol–water partition coefficient (Wildman–Crippen LogP) is 2.89. The zero-order valence-corrected chi connectivity index (χ0v) is 14.3. The number of para-hydroxylation sites is 1. The van der Waals surface area contributed by atoms with E-state index in [2.05, 4.69) is 5.32 Å². The summed E-state index contributed by atoms with van der Waals surface area (Å²) in [7, 11) is 1.55. The zero-order valence-electron chi connectivity index (χ0n) is 14.3. The van der Waals surface area contributed by atoms with Gasteiger partial charge in [0.1, 0.15) is 19.0 Å². The molecule has 0 atom stereocenters. The minimum absolute atomic E-state index is 0.0218. The summed E-state index contributed by atoms with van der Waals surface area (Å²) in [5.41, 5.74) is 0.353. The second kappa shape index (κ2) is 10.00. The van der Waals surface area contributed by atoms with Crippen molar-refractivity contribution in [1.82, 2.24) is 0 Å². The normalized spacial score (nSPS) is 10.2. The third kappa shape index (κ3) is 5.75. The van der Waals surface area contributed by atoms with Crippen molar-refractivity contribution in [2.24, 2.45) is 0 Å². The van der Waals surface area contributed by atoms with E-state index in [0.717, 1.165) is 0 Å². The van der Waals surface area contributed by atoms with Crippen LogP contribution in [0.2, 0.25) is 0 Å². The van der Waals surface area contributed by atoms with Gasteiger partial charge in [0.05, 0.1) is 17.1 Å². The van der Waals surface area contributed by atoms with E-state index in [4.69, 9.17) is 14.2 Å². The molecule has 0 unspecified atom stereocenters. The number of nitrogens with one attached hydrogen (secondary N) is 1. The maximum atomic E-state index is 12.3. The Morgan fingerprint density at radius 1 is 1.12 bits per heavy atom. The molecule has 8 nitrogen and oxygen atoms in total. The van der Waals surface area contributed by atoms with E-state index in [1.165, 1.54) is 18.2 Å². The lowest BCUT2D eigenvalue weighted by Crippen LogP contribution is -2.16. The Kier molecular flexibility index (Phi) is 7.38. The topological polar surface area (TPSA) is 99.9 Å². The van der Waals surface area contributed by atoms with Crippen molar-refractivity contribution in [2.45, 2.75) is 0 Å². The molecule has 1 N–H and O–H groups in total. The molecule has 8 heteroatoms. The van der Waals surface area contributed by atoms with Crippen LogP contribution in [-0.4, -0.2) is 44.4 Å². The maximum absolute atomic E-state index is 12.3. The number of esters is 1. The van der Waals surface area contributed by atoms with E-state index < -0.39 is 10.9 Å². The third-order valence-electron chi connectivity index (χ3n) is 3.38. The van der Waals surface area contributed by atoms with Gasteiger partial charge in [-0.05, 0) is 18.2 Å². The Balaban J connectivity index is 1.97. The summed E-state index contributed by atoms with van der Waals surface area (Å²) in [4.78, 5) is 22.7. The molecular formula is C18H20N2O6. The van der Waals surface area contributed by atoms with Gasteiger partial charge in [-0.15, -0.1) is 0 Å². The summed E-state index contributed by atoms with van der Waals surface area (Å²) in [5, 5.41) is 14.0. The SMILES string of the molecule is COCCNc1ccc([N+](=O)[O-])cc1C(=O)OCCOc1ccccc1. The van der Waals surface area contributed by atoms with Gasteiger partial charge in [0, 0.05) is 31.5 Å². The molecule has 2 rings (SSSR count). The minimum Gasteiger partial charge on any atom is -0.490 e. The second-order valence-corrected chi connectivity index (χ2v) is 5.20. The fourth-order valence-electron chi connectivity index (χ4n) is 2.14. The molecule has 0 fully saturated rings. The first-order valence-corrected chi connectivity index (χ1v) is 7.98. The monoisotopic (exact) mass is 360 g/mol. The number of nitrogens with zero attached hydrogens (tertiary/aromatic N) is 1. The molecule has 0 saturated carbocycles. The Morgan fingerprint density at radius 3 is 2.58 bits per heavy atom. The van der Waals surface area contributed by atoms with E-state index in [0.29, 0.717) is 24.6 Å². The zero-order chi connectivity index (χ0) is 18.8. The smallest absolute Gasteiger partial charge is 0.340 e. The average Bonchev–Trinajstić information content (AvgIpc) is 2.66. The number of methoxy groups -OCH3 is 1. The van der Waals surface area contributed by atoms with Gasteiger partial charge in [-0.25, -0.2) is 4.79 Å². The number of anilines is 1. The van der Waals surface area contributed by atoms with E-state index in [-0.39, 0.29) is 24.5 Å². The first kappa shape index (κ1) is 19.2. The Hall–Kier alpha value is -3.13. The molecule has 0 aliphatic carbocycles. The first-order chi connectivity index (χ1) is 12.6. The Morgan fingerprint density at radius 2 is 1.88 bits per heavy atom. The number of nitro groups is 1. The molecule has 0 bridgehead atoms. The quantitative estimate of drug-likeness (QED) is 0.301. The fourth-order valence-corrected chi connectivity index (χ4v) is 2.14. The number of rotatable bonds is 10. The van der Waals surface area contributed by atoms with Crippen LogP contribution in [0.5, 0.6) is 5.75 Å². The van der Waals surface area contributed by atoms with Crippen molar-refractivity contribution in [3.05, 3.63) is 64.2 Å². The van der Waals surface area contributed by atoms with Gasteiger partial charge >= 0.3 is 5.97 Å². The number of hydrogen-bond acceptors (Lipinski definition) is 7. The van der Waals surface area contributed by atoms with Crippen LogP contribution in [0.25, 0.3) is 0 Å². The van der Waals surface area contributed by atoms with Crippen molar-refractivity contribution in [1.29, 1.82) is 0 Å². The lowest BCUT2D eigenvalue weighted by atomic mass is 10.1. The summed E-state index contributed by atoms with van der Waals surface area (Å²) in [6.07, 6.45) is 0. The lowest BCUT2D eigenvalue weighted by Gasteiger charge is -2.12. The van der Waals surface area contributed by atoms with Gasteiger partial charge in [-0.3, -0.25) is 10.1 Å². The summed E-state index contributed by atoms with van der Waals surface area (Å²) in [5.74, 6) is 0.00565. The molecule has 0 aliphatic rings. The fraction of sp³-hybridized carbons (Fsp3) is 0.278. The van der Waals surface area contributed by atoms with E-state index in [1.54, 1.807) is 19.2 Å². The highest BCUT2D eigenvalue weighted by molar-refractivity contribution is 5.96. The van der Waals surface area contributed by atoms with Crippen molar-refractivity contribution in [2.75, 3.05) is 38.8 Å². The first-order valence-electron chi connectivity index (χ1n) is 7.98. The van der Waals surface area contributed by atoms with E-state index in [9.17, 15) is 14.9 Å². The maximum Gasteiger partial charge on any atom is 0.340 e. The number of hydrogen-bond donors (Lipinski definition) is 1. The Labute approximate surface area is 150 Å². The van der Waals surface area contributed by atoms with Gasteiger partial charge in [0.2, 0.25) is 0 Å². The average molecular weight is 360 g/mol. The number of ether oxygens (including phenoxy) is 3. The van der Waals surface area contributed by atoms with Gasteiger partial charge in [0.25, 0.3) is 5.69 Å². The van der Waals surface area contributed by atoms with Gasteiger partial charge < -0.3 is 19.5 Å². The number of nitro benzene ring substituents is 1. The summed E-state index contributed by atoms with van der Waals surface area (Å²) < 4.78 is 15.6. The van der Waals surface area contributed by atoms with Gasteiger partial charge in [-0.1, -0.05) is 18.2 Å².